The molecule has 0 fully saturated rings. The molecule has 6 heteroatoms. The van der Waals surface area contributed by atoms with Crippen molar-refractivity contribution in [1.82, 2.24) is 14.3 Å². The molecule has 1 aromatic heterocycles. The Morgan fingerprint density at radius 3 is 2.79 bits per heavy atom. The van der Waals surface area contributed by atoms with Crippen LogP contribution in [-0.2, 0) is 23.0 Å². The molecular formula is C13H23N3O2S. The molecule has 0 spiro atoms. The third-order valence-electron chi connectivity index (χ3n) is 3.60. The fourth-order valence-electron chi connectivity index (χ4n) is 2.78. The van der Waals surface area contributed by atoms with E-state index in [1.54, 1.807) is 6.92 Å². The van der Waals surface area contributed by atoms with Crippen LogP contribution in [0.5, 0.6) is 0 Å². The first kappa shape index (κ1) is 14.5. The molecule has 0 radical (unpaired) electrons. The van der Waals surface area contributed by atoms with Gasteiger partial charge in [0.2, 0.25) is 0 Å². The Morgan fingerprint density at radius 2 is 2.16 bits per heavy atom. The third kappa shape index (κ3) is 2.69. The lowest BCUT2D eigenvalue weighted by Crippen LogP contribution is -2.26. The predicted molar refractivity (Wildman–Crippen MR) is 74.7 cm³/mol. The summed E-state index contributed by atoms with van der Waals surface area (Å²) in [6.45, 7) is 7.26. The van der Waals surface area contributed by atoms with E-state index in [1.165, 1.54) is 0 Å². The standard InChI is InChI=1S/C13H23N3O2S/c1-4-7-11-15-13(19(17,18)14-5-2)12-10(3)8-6-9-16(11)12/h10,14H,4-9H2,1-3H3. The third-order valence-corrected chi connectivity index (χ3v) is 5.08. The maximum absolute atomic E-state index is 12.3. The lowest BCUT2D eigenvalue weighted by atomic mass is 9.98. The van der Waals surface area contributed by atoms with Crippen molar-refractivity contribution >= 4 is 10.0 Å². The first-order chi connectivity index (χ1) is 9.01. The smallest absolute Gasteiger partial charge is 0.259 e. The molecule has 1 aromatic rings. The van der Waals surface area contributed by atoms with Gasteiger partial charge in [0, 0.05) is 19.5 Å². The van der Waals surface area contributed by atoms with Crippen molar-refractivity contribution in [2.45, 2.75) is 63.9 Å². The van der Waals surface area contributed by atoms with Gasteiger partial charge < -0.3 is 4.57 Å². The zero-order valence-corrected chi connectivity index (χ0v) is 12.8. The second kappa shape index (κ2) is 5.63. The minimum Gasteiger partial charge on any atom is -0.330 e. The fourth-order valence-corrected chi connectivity index (χ4v) is 4.11. The lowest BCUT2D eigenvalue weighted by Gasteiger charge is -2.23. The number of sulfonamides is 1. The van der Waals surface area contributed by atoms with Gasteiger partial charge in [-0.15, -0.1) is 0 Å². The Kier molecular flexibility index (Phi) is 4.30. The topological polar surface area (TPSA) is 64.0 Å². The van der Waals surface area contributed by atoms with E-state index in [4.69, 9.17) is 0 Å². The zero-order chi connectivity index (χ0) is 14.0. The molecule has 0 saturated carbocycles. The lowest BCUT2D eigenvalue weighted by molar-refractivity contribution is 0.455. The van der Waals surface area contributed by atoms with Gasteiger partial charge in [-0.05, 0) is 25.2 Å². The monoisotopic (exact) mass is 285 g/mol. The van der Waals surface area contributed by atoms with Crippen LogP contribution in [0.2, 0.25) is 0 Å². The van der Waals surface area contributed by atoms with E-state index in [-0.39, 0.29) is 10.9 Å². The van der Waals surface area contributed by atoms with E-state index in [2.05, 4.69) is 28.1 Å². The second-order valence-electron chi connectivity index (χ2n) is 5.16. The van der Waals surface area contributed by atoms with Crippen molar-refractivity contribution in [3.05, 3.63) is 11.5 Å². The molecule has 0 aliphatic carbocycles. The van der Waals surface area contributed by atoms with Gasteiger partial charge in [-0.1, -0.05) is 20.8 Å². The SMILES string of the molecule is CCCc1nc(S(=O)(=O)NCC)c2n1CCCC2C. The molecular weight excluding hydrogens is 262 g/mol. The van der Waals surface area contributed by atoms with Gasteiger partial charge in [-0.3, -0.25) is 0 Å². The fraction of sp³-hybridized carbons (Fsp3) is 0.769. The molecule has 19 heavy (non-hydrogen) atoms. The molecule has 0 amide bonds. The highest BCUT2D eigenvalue weighted by atomic mass is 32.2. The Hall–Kier alpha value is -0.880. The Labute approximate surface area is 115 Å². The molecule has 108 valence electrons. The minimum absolute atomic E-state index is 0.255. The van der Waals surface area contributed by atoms with Crippen molar-refractivity contribution < 1.29 is 8.42 Å². The number of fused-ring (bicyclic) bond motifs is 1. The summed E-state index contributed by atoms with van der Waals surface area (Å²) in [5.41, 5.74) is 0.899. The van der Waals surface area contributed by atoms with Gasteiger partial charge in [-0.2, -0.15) is 0 Å². The summed E-state index contributed by atoms with van der Waals surface area (Å²) < 4.78 is 29.2. The molecule has 1 N–H and O–H groups in total. The number of aryl methyl sites for hydroxylation is 1. The maximum atomic E-state index is 12.3. The van der Waals surface area contributed by atoms with Crippen LogP contribution in [0.15, 0.2) is 5.03 Å². The van der Waals surface area contributed by atoms with Crippen molar-refractivity contribution in [2.75, 3.05) is 6.54 Å². The van der Waals surface area contributed by atoms with Crippen LogP contribution in [0.4, 0.5) is 0 Å². The summed E-state index contributed by atoms with van der Waals surface area (Å²) in [5, 5.41) is 0.255. The van der Waals surface area contributed by atoms with E-state index >= 15 is 0 Å². The van der Waals surface area contributed by atoms with E-state index in [0.29, 0.717) is 6.54 Å². The van der Waals surface area contributed by atoms with Crippen molar-refractivity contribution in [2.24, 2.45) is 0 Å². The average Bonchev–Trinajstić information content (AvgIpc) is 2.71. The molecule has 1 aliphatic rings. The molecule has 0 saturated heterocycles. The number of rotatable bonds is 5. The first-order valence-electron chi connectivity index (χ1n) is 7.10. The van der Waals surface area contributed by atoms with Crippen LogP contribution >= 0.6 is 0 Å². The summed E-state index contributed by atoms with van der Waals surface area (Å²) in [7, 11) is -3.46. The maximum Gasteiger partial charge on any atom is 0.259 e. The van der Waals surface area contributed by atoms with Gasteiger partial charge in [0.25, 0.3) is 10.0 Å². The summed E-state index contributed by atoms with van der Waals surface area (Å²) in [6.07, 6.45) is 3.95. The van der Waals surface area contributed by atoms with Crippen LogP contribution in [0.3, 0.4) is 0 Å². The zero-order valence-electron chi connectivity index (χ0n) is 11.9. The summed E-state index contributed by atoms with van der Waals surface area (Å²) >= 11 is 0. The molecule has 0 bridgehead atoms. The quantitative estimate of drug-likeness (QED) is 0.900. The molecule has 5 nitrogen and oxygen atoms in total. The number of hydrogen-bond acceptors (Lipinski definition) is 3. The normalized spacial score (nSPS) is 19.4. The Balaban J connectivity index is 2.55. The Bertz CT molecular complexity index is 548. The number of hydrogen-bond donors (Lipinski definition) is 1. The van der Waals surface area contributed by atoms with Gasteiger partial charge in [0.1, 0.15) is 5.82 Å². The number of nitrogens with one attached hydrogen (secondary N) is 1. The molecule has 0 aromatic carbocycles. The number of aromatic nitrogens is 2. The average molecular weight is 285 g/mol. The van der Waals surface area contributed by atoms with Crippen molar-refractivity contribution in [1.29, 1.82) is 0 Å². The molecule has 2 rings (SSSR count). The van der Waals surface area contributed by atoms with Crippen LogP contribution in [0.1, 0.15) is 57.5 Å². The van der Waals surface area contributed by atoms with Gasteiger partial charge >= 0.3 is 0 Å². The van der Waals surface area contributed by atoms with Gasteiger partial charge in [0.05, 0.1) is 5.69 Å². The summed E-state index contributed by atoms with van der Waals surface area (Å²) in [5.74, 6) is 1.18. The highest BCUT2D eigenvalue weighted by molar-refractivity contribution is 7.89. The molecule has 1 aliphatic heterocycles. The summed E-state index contributed by atoms with van der Waals surface area (Å²) in [6, 6.07) is 0. The Morgan fingerprint density at radius 1 is 1.42 bits per heavy atom. The van der Waals surface area contributed by atoms with Crippen LogP contribution in [-0.4, -0.2) is 24.5 Å². The number of nitrogens with zero attached hydrogens (tertiary/aromatic N) is 2. The minimum atomic E-state index is -3.46. The van der Waals surface area contributed by atoms with Gasteiger partial charge in [0.15, 0.2) is 5.03 Å². The second-order valence-corrected chi connectivity index (χ2v) is 6.85. The highest BCUT2D eigenvalue weighted by Crippen LogP contribution is 2.33. The van der Waals surface area contributed by atoms with Crippen LogP contribution < -0.4 is 4.72 Å². The van der Waals surface area contributed by atoms with E-state index in [9.17, 15) is 8.42 Å². The first-order valence-corrected chi connectivity index (χ1v) is 8.58. The van der Waals surface area contributed by atoms with Crippen LogP contribution in [0.25, 0.3) is 0 Å². The van der Waals surface area contributed by atoms with Gasteiger partial charge in [-0.25, -0.2) is 18.1 Å². The van der Waals surface area contributed by atoms with E-state index < -0.39 is 10.0 Å². The van der Waals surface area contributed by atoms with Crippen LogP contribution in [0, 0.1) is 0 Å². The molecule has 1 atom stereocenters. The highest BCUT2D eigenvalue weighted by Gasteiger charge is 2.31. The van der Waals surface area contributed by atoms with E-state index in [1.807, 2.05) is 0 Å². The molecule has 2 heterocycles. The number of imidazole rings is 1. The van der Waals surface area contributed by atoms with Crippen molar-refractivity contribution in [3.8, 4) is 0 Å². The largest absolute Gasteiger partial charge is 0.330 e. The predicted octanol–water partition coefficient (Wildman–Crippen LogP) is 2.03. The summed E-state index contributed by atoms with van der Waals surface area (Å²) in [4.78, 5) is 4.43. The molecule has 1 unspecified atom stereocenters. The van der Waals surface area contributed by atoms with Crippen molar-refractivity contribution in [3.63, 3.8) is 0 Å². The van der Waals surface area contributed by atoms with E-state index in [0.717, 1.165) is 43.7 Å².